The van der Waals surface area contributed by atoms with E-state index in [1.54, 1.807) is 0 Å². The lowest BCUT2D eigenvalue weighted by Gasteiger charge is -2.34. The van der Waals surface area contributed by atoms with Crippen LogP contribution in [0, 0.1) is 0 Å². The van der Waals surface area contributed by atoms with Gasteiger partial charge < -0.3 is 24.8 Å². The van der Waals surface area contributed by atoms with Gasteiger partial charge in [0.1, 0.15) is 0 Å². The van der Waals surface area contributed by atoms with E-state index in [4.69, 9.17) is 19.2 Å². The van der Waals surface area contributed by atoms with E-state index in [0.29, 0.717) is 32.9 Å². The first kappa shape index (κ1) is 28.1. The SMILES string of the molecule is CCCCOCCOCCNC(=NCC(c1ccccc1)N1CCOCC1)NCC.I. The molecule has 1 heterocycles. The van der Waals surface area contributed by atoms with Crippen LogP contribution in [-0.4, -0.2) is 83.2 Å². The normalized spacial score (nSPS) is 15.9. The van der Waals surface area contributed by atoms with Gasteiger partial charge in [0.05, 0.1) is 45.6 Å². The average molecular weight is 549 g/mol. The van der Waals surface area contributed by atoms with Gasteiger partial charge in [-0.25, -0.2) is 0 Å². The summed E-state index contributed by atoms with van der Waals surface area (Å²) in [7, 11) is 0. The molecule has 1 atom stereocenters. The maximum absolute atomic E-state index is 5.64. The van der Waals surface area contributed by atoms with E-state index < -0.39 is 0 Å². The molecule has 0 amide bonds. The minimum Gasteiger partial charge on any atom is -0.379 e. The summed E-state index contributed by atoms with van der Waals surface area (Å²) in [5, 5.41) is 6.70. The molecule has 2 N–H and O–H groups in total. The van der Waals surface area contributed by atoms with Crippen molar-refractivity contribution in [2.24, 2.45) is 4.99 Å². The van der Waals surface area contributed by atoms with E-state index in [1.165, 1.54) is 5.56 Å². The van der Waals surface area contributed by atoms with Crippen LogP contribution < -0.4 is 10.6 Å². The molecular formula is C23H41IN4O3. The Bertz CT molecular complexity index is 571. The molecule has 7 nitrogen and oxygen atoms in total. The first-order valence-corrected chi connectivity index (χ1v) is 11.4. The summed E-state index contributed by atoms with van der Waals surface area (Å²) < 4.78 is 16.7. The van der Waals surface area contributed by atoms with Crippen LogP contribution in [0.25, 0.3) is 0 Å². The molecule has 0 radical (unpaired) electrons. The Morgan fingerprint density at radius 3 is 2.42 bits per heavy atom. The van der Waals surface area contributed by atoms with Gasteiger partial charge in [-0.1, -0.05) is 43.7 Å². The van der Waals surface area contributed by atoms with Crippen LogP contribution in [0.5, 0.6) is 0 Å². The Hall–Kier alpha value is -0.940. The Morgan fingerprint density at radius 2 is 1.74 bits per heavy atom. The monoisotopic (exact) mass is 548 g/mol. The average Bonchev–Trinajstić information content (AvgIpc) is 2.79. The zero-order valence-corrected chi connectivity index (χ0v) is 21.5. The van der Waals surface area contributed by atoms with Crippen molar-refractivity contribution in [2.45, 2.75) is 32.7 Å². The maximum Gasteiger partial charge on any atom is 0.191 e. The fraction of sp³-hybridized carbons (Fsp3) is 0.696. The number of morpholine rings is 1. The molecule has 1 unspecified atom stereocenters. The van der Waals surface area contributed by atoms with Crippen LogP contribution in [0.2, 0.25) is 0 Å². The highest BCUT2D eigenvalue weighted by Gasteiger charge is 2.22. The molecule has 1 fully saturated rings. The van der Waals surface area contributed by atoms with Gasteiger partial charge >= 0.3 is 0 Å². The van der Waals surface area contributed by atoms with E-state index in [0.717, 1.165) is 58.3 Å². The zero-order chi connectivity index (χ0) is 21.3. The topological polar surface area (TPSA) is 67.4 Å². The van der Waals surface area contributed by atoms with E-state index >= 15 is 0 Å². The third-order valence-electron chi connectivity index (χ3n) is 4.99. The van der Waals surface area contributed by atoms with Crippen LogP contribution in [0.4, 0.5) is 0 Å². The molecule has 178 valence electrons. The molecule has 0 saturated carbocycles. The van der Waals surface area contributed by atoms with Crippen LogP contribution in [-0.2, 0) is 14.2 Å². The smallest absolute Gasteiger partial charge is 0.191 e. The van der Waals surface area contributed by atoms with Gasteiger partial charge in [0, 0.05) is 32.8 Å². The number of nitrogens with zero attached hydrogens (tertiary/aromatic N) is 2. The molecule has 0 spiro atoms. The van der Waals surface area contributed by atoms with E-state index in [-0.39, 0.29) is 30.0 Å². The minimum atomic E-state index is 0. The summed E-state index contributed by atoms with van der Waals surface area (Å²) in [4.78, 5) is 7.33. The zero-order valence-electron chi connectivity index (χ0n) is 19.2. The van der Waals surface area contributed by atoms with E-state index in [9.17, 15) is 0 Å². The second-order valence-corrected chi connectivity index (χ2v) is 7.30. The molecule has 31 heavy (non-hydrogen) atoms. The lowest BCUT2D eigenvalue weighted by Crippen LogP contribution is -2.42. The van der Waals surface area contributed by atoms with Gasteiger partial charge in [0.2, 0.25) is 0 Å². The number of hydrogen-bond acceptors (Lipinski definition) is 5. The number of guanidine groups is 1. The molecule has 1 aromatic rings. The highest BCUT2D eigenvalue weighted by atomic mass is 127. The number of aliphatic imine (C=N–C) groups is 1. The van der Waals surface area contributed by atoms with Crippen LogP contribution in [0.1, 0.15) is 38.3 Å². The van der Waals surface area contributed by atoms with Crippen molar-refractivity contribution in [3.05, 3.63) is 35.9 Å². The lowest BCUT2D eigenvalue weighted by molar-refractivity contribution is 0.0179. The van der Waals surface area contributed by atoms with Crippen molar-refractivity contribution >= 4 is 29.9 Å². The van der Waals surface area contributed by atoms with Crippen LogP contribution >= 0.6 is 24.0 Å². The Balaban J connectivity index is 0.00000480. The molecule has 8 heteroatoms. The molecule has 1 aromatic carbocycles. The molecule has 1 aliphatic heterocycles. The predicted octanol–water partition coefficient (Wildman–Crippen LogP) is 3.07. The summed E-state index contributed by atoms with van der Waals surface area (Å²) in [6.45, 7) is 12.7. The third kappa shape index (κ3) is 12.0. The highest BCUT2D eigenvalue weighted by molar-refractivity contribution is 14.0. The molecule has 0 aliphatic carbocycles. The van der Waals surface area contributed by atoms with E-state index in [1.807, 2.05) is 0 Å². The van der Waals surface area contributed by atoms with Crippen molar-refractivity contribution in [3.8, 4) is 0 Å². The Labute approximate surface area is 205 Å². The second kappa shape index (κ2) is 18.6. The standard InChI is InChI=1S/C23H40N4O3.HI/c1-3-5-14-28-18-19-29-15-11-25-23(24-4-2)26-20-22(21-9-7-6-8-10-21)27-12-16-30-17-13-27;/h6-10,22H,3-5,11-20H2,1-2H3,(H2,24,25,26);1H. The third-order valence-corrected chi connectivity index (χ3v) is 4.99. The number of halogens is 1. The molecule has 0 bridgehead atoms. The molecule has 1 saturated heterocycles. The summed E-state index contributed by atoms with van der Waals surface area (Å²) in [5.74, 6) is 0.828. The van der Waals surface area contributed by atoms with Crippen molar-refractivity contribution < 1.29 is 14.2 Å². The molecular weight excluding hydrogens is 507 g/mol. The number of hydrogen-bond donors (Lipinski definition) is 2. The number of nitrogens with one attached hydrogen (secondary N) is 2. The lowest BCUT2D eigenvalue weighted by atomic mass is 10.1. The summed E-state index contributed by atoms with van der Waals surface area (Å²) in [6.07, 6.45) is 2.27. The van der Waals surface area contributed by atoms with E-state index in [2.05, 4.69) is 59.7 Å². The largest absolute Gasteiger partial charge is 0.379 e. The second-order valence-electron chi connectivity index (χ2n) is 7.30. The van der Waals surface area contributed by atoms with Crippen molar-refractivity contribution in [2.75, 3.05) is 72.4 Å². The number of benzene rings is 1. The number of rotatable bonds is 14. The van der Waals surface area contributed by atoms with Gasteiger partial charge in [0.25, 0.3) is 0 Å². The summed E-state index contributed by atoms with van der Waals surface area (Å²) in [5.41, 5.74) is 1.30. The fourth-order valence-corrected chi connectivity index (χ4v) is 3.33. The maximum atomic E-state index is 5.64. The predicted molar refractivity (Wildman–Crippen MR) is 138 cm³/mol. The van der Waals surface area contributed by atoms with Crippen molar-refractivity contribution in [1.29, 1.82) is 0 Å². The highest BCUT2D eigenvalue weighted by Crippen LogP contribution is 2.22. The van der Waals surface area contributed by atoms with Gasteiger partial charge in [-0.2, -0.15) is 0 Å². The summed E-state index contributed by atoms with van der Waals surface area (Å²) >= 11 is 0. The summed E-state index contributed by atoms with van der Waals surface area (Å²) in [6, 6.07) is 10.9. The minimum absolute atomic E-state index is 0. The molecule has 2 rings (SSSR count). The first-order chi connectivity index (χ1) is 14.8. The van der Waals surface area contributed by atoms with Gasteiger partial charge in [0.15, 0.2) is 5.96 Å². The van der Waals surface area contributed by atoms with Crippen LogP contribution in [0.15, 0.2) is 35.3 Å². The fourth-order valence-electron chi connectivity index (χ4n) is 3.33. The number of ether oxygens (including phenoxy) is 3. The Kier molecular flexibility index (Phi) is 16.9. The quantitative estimate of drug-likeness (QED) is 0.161. The van der Waals surface area contributed by atoms with Gasteiger partial charge in [-0.15, -0.1) is 24.0 Å². The van der Waals surface area contributed by atoms with Crippen molar-refractivity contribution in [1.82, 2.24) is 15.5 Å². The number of unbranched alkanes of at least 4 members (excludes halogenated alkanes) is 1. The molecule has 0 aromatic heterocycles. The van der Waals surface area contributed by atoms with Gasteiger partial charge in [-0.3, -0.25) is 9.89 Å². The van der Waals surface area contributed by atoms with Crippen molar-refractivity contribution in [3.63, 3.8) is 0 Å². The molecule has 1 aliphatic rings. The Morgan fingerprint density at radius 1 is 1.03 bits per heavy atom. The van der Waals surface area contributed by atoms with Crippen LogP contribution in [0.3, 0.4) is 0 Å². The first-order valence-electron chi connectivity index (χ1n) is 11.4. The van der Waals surface area contributed by atoms with Gasteiger partial charge in [-0.05, 0) is 18.9 Å².